The van der Waals surface area contributed by atoms with E-state index in [-0.39, 0.29) is 23.1 Å². The second-order valence-electron chi connectivity index (χ2n) is 7.57. The fourth-order valence-electron chi connectivity index (χ4n) is 3.42. The van der Waals surface area contributed by atoms with Crippen molar-refractivity contribution in [3.63, 3.8) is 0 Å². The number of rotatable bonds is 5. The van der Waals surface area contributed by atoms with Crippen LogP contribution in [-0.4, -0.2) is 49.8 Å². The number of nitrogens with zero attached hydrogens (tertiary/aromatic N) is 5. The largest absolute Gasteiger partial charge is 0.348 e. The molecule has 30 heavy (non-hydrogen) atoms. The topological polar surface area (TPSA) is 72.5 Å². The quantitative estimate of drug-likeness (QED) is 0.462. The molecule has 2 heterocycles. The summed E-state index contributed by atoms with van der Waals surface area (Å²) in [5, 5.41) is 9.83. The van der Waals surface area contributed by atoms with E-state index in [0.29, 0.717) is 16.3 Å². The summed E-state index contributed by atoms with van der Waals surface area (Å²) in [7, 11) is 3.45. The molecule has 0 saturated heterocycles. The summed E-state index contributed by atoms with van der Waals surface area (Å²) in [5.74, 6) is 0.893. The average Bonchev–Trinajstić information content (AvgIpc) is 3.16. The minimum Gasteiger partial charge on any atom is -0.348 e. The molecule has 0 radical (unpaired) electrons. The van der Waals surface area contributed by atoms with E-state index in [1.807, 2.05) is 52.9 Å². The van der Waals surface area contributed by atoms with Crippen molar-refractivity contribution in [1.29, 1.82) is 0 Å². The Kier molecular flexibility index (Phi) is 5.34. The Morgan fingerprint density at radius 3 is 2.50 bits per heavy atom. The van der Waals surface area contributed by atoms with Gasteiger partial charge in [-0.25, -0.2) is 4.57 Å². The lowest BCUT2D eigenvalue weighted by atomic mass is 10.0. The third-order valence-electron chi connectivity index (χ3n) is 5.02. The molecule has 0 aliphatic rings. The van der Waals surface area contributed by atoms with Gasteiger partial charge in [0.25, 0.3) is 5.56 Å². The first kappa shape index (κ1) is 20.2. The lowest BCUT2D eigenvalue weighted by Crippen LogP contribution is -2.24. The second kappa shape index (κ2) is 7.95. The minimum atomic E-state index is -0.139. The van der Waals surface area contributed by atoms with Crippen molar-refractivity contribution in [2.24, 2.45) is 0 Å². The molecule has 1 amide bonds. The van der Waals surface area contributed by atoms with E-state index in [2.05, 4.69) is 24.0 Å². The van der Waals surface area contributed by atoms with Crippen molar-refractivity contribution in [3.05, 3.63) is 64.4 Å². The fraction of sp³-hybridized carbons (Fsp3) is 0.273. The molecule has 0 fully saturated rings. The molecular weight excluding hydrogens is 398 g/mol. The highest BCUT2D eigenvalue weighted by Crippen LogP contribution is 2.27. The number of carbonyl (C=O) groups is 1. The number of thioether (sulfide) groups is 1. The summed E-state index contributed by atoms with van der Waals surface area (Å²) in [4.78, 5) is 27.1. The van der Waals surface area contributed by atoms with E-state index in [1.165, 1.54) is 11.8 Å². The highest BCUT2D eigenvalue weighted by atomic mass is 32.2. The zero-order valence-corrected chi connectivity index (χ0v) is 18.2. The molecule has 0 aliphatic carbocycles. The first-order valence-electron chi connectivity index (χ1n) is 9.71. The number of hydrogen-bond acceptors (Lipinski definition) is 5. The van der Waals surface area contributed by atoms with Crippen LogP contribution in [0.4, 0.5) is 0 Å². The van der Waals surface area contributed by atoms with Crippen LogP contribution >= 0.6 is 11.8 Å². The van der Waals surface area contributed by atoms with E-state index < -0.39 is 0 Å². The van der Waals surface area contributed by atoms with E-state index in [0.717, 1.165) is 16.8 Å². The first-order valence-corrected chi connectivity index (χ1v) is 10.7. The Morgan fingerprint density at radius 1 is 1.07 bits per heavy atom. The maximum absolute atomic E-state index is 13.5. The SMILES string of the molecule is CC(C)c1ccccc1-n1c(=O)c2ccccc2n2c(SCC(=O)N(C)C)nnc12. The maximum atomic E-state index is 13.5. The van der Waals surface area contributed by atoms with Gasteiger partial charge >= 0.3 is 0 Å². The molecule has 0 aliphatic heterocycles. The van der Waals surface area contributed by atoms with Crippen LogP contribution in [0.3, 0.4) is 0 Å². The van der Waals surface area contributed by atoms with E-state index >= 15 is 0 Å². The molecular formula is C22H23N5O2S. The summed E-state index contributed by atoms with van der Waals surface area (Å²) < 4.78 is 3.49. The van der Waals surface area contributed by atoms with Crippen LogP contribution in [0.2, 0.25) is 0 Å². The van der Waals surface area contributed by atoms with Crippen LogP contribution in [0.25, 0.3) is 22.4 Å². The number of amides is 1. The molecule has 0 saturated carbocycles. The van der Waals surface area contributed by atoms with E-state index in [1.54, 1.807) is 23.6 Å². The van der Waals surface area contributed by atoms with Gasteiger partial charge in [-0.1, -0.05) is 55.9 Å². The van der Waals surface area contributed by atoms with Crippen LogP contribution in [0.1, 0.15) is 25.3 Å². The number of fused-ring (bicyclic) bond motifs is 3. The Morgan fingerprint density at radius 2 is 1.77 bits per heavy atom. The summed E-state index contributed by atoms with van der Waals surface area (Å²) in [5.41, 5.74) is 2.43. The first-order chi connectivity index (χ1) is 14.4. The van der Waals surface area contributed by atoms with E-state index in [4.69, 9.17) is 0 Å². The van der Waals surface area contributed by atoms with Gasteiger partial charge in [-0.15, -0.1) is 10.2 Å². The predicted molar refractivity (Wildman–Crippen MR) is 120 cm³/mol. The van der Waals surface area contributed by atoms with Crippen LogP contribution in [0, 0.1) is 0 Å². The Bertz CT molecular complexity index is 1310. The molecule has 4 rings (SSSR count). The van der Waals surface area contributed by atoms with E-state index in [9.17, 15) is 9.59 Å². The normalized spacial score (nSPS) is 11.5. The summed E-state index contributed by atoms with van der Waals surface area (Å²) in [6.07, 6.45) is 0. The van der Waals surface area contributed by atoms with Gasteiger partial charge in [0.05, 0.1) is 22.3 Å². The highest BCUT2D eigenvalue weighted by molar-refractivity contribution is 7.99. The minimum absolute atomic E-state index is 0.0143. The van der Waals surface area contributed by atoms with Crippen molar-refractivity contribution < 1.29 is 4.79 Å². The van der Waals surface area contributed by atoms with Gasteiger partial charge in [-0.2, -0.15) is 0 Å². The molecule has 2 aromatic heterocycles. The van der Waals surface area contributed by atoms with Crippen molar-refractivity contribution >= 4 is 34.3 Å². The van der Waals surface area contributed by atoms with Gasteiger partial charge in [0.2, 0.25) is 11.7 Å². The number of carbonyl (C=O) groups excluding carboxylic acids is 1. The van der Waals surface area contributed by atoms with Gasteiger partial charge in [0.1, 0.15) is 0 Å². The monoisotopic (exact) mass is 421 g/mol. The molecule has 0 N–H and O–H groups in total. The van der Waals surface area contributed by atoms with Crippen LogP contribution in [-0.2, 0) is 4.79 Å². The zero-order valence-electron chi connectivity index (χ0n) is 17.4. The van der Waals surface area contributed by atoms with Crippen molar-refractivity contribution in [3.8, 4) is 5.69 Å². The Hall–Kier alpha value is -3.13. The third kappa shape index (κ3) is 3.37. The maximum Gasteiger partial charge on any atom is 0.267 e. The lowest BCUT2D eigenvalue weighted by Gasteiger charge is -2.16. The average molecular weight is 422 g/mol. The highest BCUT2D eigenvalue weighted by Gasteiger charge is 2.20. The van der Waals surface area contributed by atoms with Crippen molar-refractivity contribution in [1.82, 2.24) is 24.1 Å². The molecule has 0 spiro atoms. The standard InChI is InChI=1S/C22H23N5O2S/c1-14(2)15-9-5-7-11-17(15)26-20(29)16-10-6-8-12-18(16)27-21(26)23-24-22(27)30-13-19(28)25(3)4/h5-12,14H,13H2,1-4H3. The smallest absolute Gasteiger partial charge is 0.267 e. The number of aromatic nitrogens is 4. The Labute approximate surface area is 178 Å². The Balaban J connectivity index is 2.02. The second-order valence-corrected chi connectivity index (χ2v) is 8.51. The van der Waals surface area contributed by atoms with Gasteiger partial charge in [0, 0.05) is 14.1 Å². The summed E-state index contributed by atoms with van der Waals surface area (Å²) in [6.45, 7) is 4.19. The van der Waals surface area contributed by atoms with Gasteiger partial charge in [-0.3, -0.25) is 14.0 Å². The number of hydrogen-bond donors (Lipinski definition) is 0. The zero-order chi connectivity index (χ0) is 21.4. The van der Waals surface area contributed by atoms with Crippen LogP contribution < -0.4 is 5.56 Å². The lowest BCUT2D eigenvalue weighted by molar-refractivity contribution is -0.125. The predicted octanol–water partition coefficient (Wildman–Crippen LogP) is 3.34. The molecule has 4 aromatic rings. The van der Waals surface area contributed by atoms with Crippen LogP contribution in [0.15, 0.2) is 58.5 Å². The molecule has 7 nitrogen and oxygen atoms in total. The summed E-state index contributed by atoms with van der Waals surface area (Å²) >= 11 is 1.31. The third-order valence-corrected chi connectivity index (χ3v) is 5.93. The van der Waals surface area contributed by atoms with Crippen LogP contribution in [0.5, 0.6) is 0 Å². The molecule has 0 atom stereocenters. The molecule has 8 heteroatoms. The number of benzene rings is 2. The van der Waals surface area contributed by atoms with Gasteiger partial charge in [-0.05, 0) is 29.7 Å². The summed E-state index contributed by atoms with van der Waals surface area (Å²) in [6, 6.07) is 15.3. The molecule has 154 valence electrons. The number of para-hydroxylation sites is 2. The molecule has 0 unspecified atom stereocenters. The fourth-order valence-corrected chi connectivity index (χ4v) is 4.34. The van der Waals surface area contributed by atoms with Gasteiger partial charge < -0.3 is 4.90 Å². The van der Waals surface area contributed by atoms with Crippen molar-refractivity contribution in [2.45, 2.75) is 24.9 Å². The molecule has 0 bridgehead atoms. The molecule has 2 aromatic carbocycles. The van der Waals surface area contributed by atoms with Crippen molar-refractivity contribution in [2.75, 3.05) is 19.8 Å². The van der Waals surface area contributed by atoms with Gasteiger partial charge in [0.15, 0.2) is 5.16 Å².